The van der Waals surface area contributed by atoms with Gasteiger partial charge in [-0.3, -0.25) is 9.59 Å². The second kappa shape index (κ2) is 11.2. The fourth-order valence-electron chi connectivity index (χ4n) is 6.30. The van der Waals surface area contributed by atoms with Gasteiger partial charge in [-0.2, -0.15) is 5.10 Å². The molecular weight excluding hydrogens is 570 g/mol. The summed E-state index contributed by atoms with van der Waals surface area (Å²) in [4.78, 5) is 30.8. The van der Waals surface area contributed by atoms with Crippen molar-refractivity contribution >= 4 is 17.5 Å². The second-order valence-corrected chi connectivity index (χ2v) is 12.8. The van der Waals surface area contributed by atoms with E-state index >= 15 is 0 Å². The number of nitrogens with zero attached hydrogens (tertiary/aromatic N) is 5. The lowest BCUT2D eigenvalue weighted by Crippen LogP contribution is -2.40. The summed E-state index contributed by atoms with van der Waals surface area (Å²) in [7, 11) is 0. The van der Waals surface area contributed by atoms with Crippen molar-refractivity contribution in [3.63, 3.8) is 0 Å². The van der Waals surface area contributed by atoms with E-state index in [0.29, 0.717) is 22.6 Å². The summed E-state index contributed by atoms with van der Waals surface area (Å²) in [5.74, 6) is -6.75. The molecule has 0 bridgehead atoms. The third-order valence-corrected chi connectivity index (χ3v) is 8.88. The first kappa shape index (κ1) is 29.5. The number of amides is 2. The molecule has 3 aromatic rings. The molecule has 3 aromatic heterocycles. The summed E-state index contributed by atoms with van der Waals surface area (Å²) in [5.41, 5.74) is 2.20. The summed E-state index contributed by atoms with van der Waals surface area (Å²) in [6.07, 6.45) is 4.38. The minimum Gasteiger partial charge on any atom is -0.349 e. The molecule has 3 aliphatic rings. The van der Waals surface area contributed by atoms with Crippen molar-refractivity contribution < 1.29 is 31.8 Å². The molecule has 3 fully saturated rings. The Kier molecular flexibility index (Phi) is 7.66. The van der Waals surface area contributed by atoms with Gasteiger partial charge in [0.05, 0.1) is 30.2 Å². The molecule has 3 heterocycles. The van der Waals surface area contributed by atoms with Crippen molar-refractivity contribution in [2.75, 3.05) is 0 Å². The predicted octanol–water partition coefficient (Wildman–Crippen LogP) is 5.54. The summed E-state index contributed by atoms with van der Waals surface area (Å²) in [6, 6.07) is 0.667. The Balaban J connectivity index is 1.23. The van der Waals surface area contributed by atoms with E-state index in [1.807, 2.05) is 13.8 Å². The topological polar surface area (TPSA) is 127 Å². The second-order valence-electron chi connectivity index (χ2n) is 12.8. The summed E-state index contributed by atoms with van der Waals surface area (Å²) in [6.45, 7) is 3.87. The lowest BCUT2D eigenvalue weighted by molar-refractivity contribution is -0.134. The zero-order valence-electron chi connectivity index (χ0n) is 24.0. The Labute approximate surface area is 245 Å². The van der Waals surface area contributed by atoms with E-state index in [2.05, 4.69) is 26.0 Å². The van der Waals surface area contributed by atoms with Gasteiger partial charge in [-0.05, 0) is 60.2 Å². The first-order valence-electron chi connectivity index (χ1n) is 14.9. The van der Waals surface area contributed by atoms with E-state index in [1.54, 1.807) is 23.0 Å². The molecule has 0 aromatic carbocycles. The van der Waals surface area contributed by atoms with Crippen LogP contribution in [0.15, 0.2) is 23.1 Å². The highest BCUT2D eigenvalue weighted by Crippen LogP contribution is 2.45. The fraction of sp³-hybridized carbons (Fsp3) is 0.655. The van der Waals surface area contributed by atoms with Crippen LogP contribution in [-0.4, -0.2) is 48.6 Å². The molecule has 0 saturated heterocycles. The maximum atomic E-state index is 14.0. The molecule has 0 aliphatic heterocycles. The zero-order chi connectivity index (χ0) is 30.5. The first-order chi connectivity index (χ1) is 20.4. The van der Waals surface area contributed by atoms with Gasteiger partial charge in [0.25, 0.3) is 5.91 Å². The number of fused-ring (bicyclic) bond motifs is 1. The Hall–Kier alpha value is -3.58. The molecule has 14 heteroatoms. The van der Waals surface area contributed by atoms with Crippen LogP contribution in [0.1, 0.15) is 117 Å². The van der Waals surface area contributed by atoms with E-state index in [-0.39, 0.29) is 80.2 Å². The average Bonchev–Trinajstić information content (AvgIpc) is 3.48. The SMILES string of the molecule is CC(C)[C@H](NC(=O)CC1CC(F)(F)C1)c1cnn2cc([C@@H](NC(=O)c3nonc3C3CC3)C3CCC(F)(F)CC3)nc2c1. The number of alkyl halides is 4. The zero-order valence-corrected chi connectivity index (χ0v) is 24.0. The summed E-state index contributed by atoms with van der Waals surface area (Å²) >= 11 is 0. The van der Waals surface area contributed by atoms with Crippen molar-refractivity contribution in [3.8, 4) is 0 Å². The number of carbonyl (C=O) groups is 2. The van der Waals surface area contributed by atoms with Gasteiger partial charge in [-0.15, -0.1) is 0 Å². The molecule has 2 N–H and O–H groups in total. The molecule has 6 rings (SSSR count). The number of aromatic nitrogens is 5. The highest BCUT2D eigenvalue weighted by atomic mass is 19.3. The van der Waals surface area contributed by atoms with Crippen LogP contribution in [-0.2, 0) is 4.79 Å². The lowest BCUT2D eigenvalue weighted by Gasteiger charge is -2.35. The van der Waals surface area contributed by atoms with E-state index in [9.17, 15) is 27.2 Å². The number of carbonyl (C=O) groups excluding carboxylic acids is 2. The van der Waals surface area contributed by atoms with Crippen molar-refractivity contribution in [2.24, 2.45) is 17.8 Å². The molecule has 0 radical (unpaired) electrons. The van der Waals surface area contributed by atoms with Gasteiger partial charge >= 0.3 is 0 Å². The fourth-order valence-corrected chi connectivity index (χ4v) is 6.30. The highest BCUT2D eigenvalue weighted by molar-refractivity contribution is 5.93. The van der Waals surface area contributed by atoms with Gasteiger partial charge in [0, 0.05) is 38.0 Å². The standard InChI is InChI=1S/C29H35F4N7O3/c1-15(2)23(36-22(41)9-16-11-29(32,33)12-16)19-10-21-35-20(14-40(21)34-13-19)24(18-5-7-28(30,31)8-6-18)37-27(42)26-25(17-3-4-17)38-43-39-26/h10,13-18,23-24H,3-9,11-12H2,1-2H3,(H,36,41)(H,37,42)/t23-,24-/m0/s1. The van der Waals surface area contributed by atoms with Crippen molar-refractivity contribution in [1.82, 2.24) is 35.5 Å². The average molecular weight is 606 g/mol. The molecule has 2 amide bonds. The number of imidazole rings is 1. The van der Waals surface area contributed by atoms with Gasteiger partial charge in [0.2, 0.25) is 17.8 Å². The molecule has 232 valence electrons. The molecule has 0 spiro atoms. The Bertz CT molecular complexity index is 1480. The van der Waals surface area contributed by atoms with Crippen LogP contribution in [0.25, 0.3) is 5.65 Å². The first-order valence-corrected chi connectivity index (χ1v) is 14.9. The Morgan fingerprint density at radius 1 is 1.05 bits per heavy atom. The van der Waals surface area contributed by atoms with Gasteiger partial charge in [-0.25, -0.2) is 31.7 Å². The summed E-state index contributed by atoms with van der Waals surface area (Å²) < 4.78 is 60.9. The van der Waals surface area contributed by atoms with Crippen molar-refractivity contribution in [1.29, 1.82) is 0 Å². The molecule has 10 nitrogen and oxygen atoms in total. The van der Waals surface area contributed by atoms with E-state index in [0.717, 1.165) is 12.8 Å². The van der Waals surface area contributed by atoms with Crippen molar-refractivity contribution in [3.05, 3.63) is 41.1 Å². The minimum absolute atomic E-state index is 0.0295. The van der Waals surface area contributed by atoms with Crippen LogP contribution in [0.3, 0.4) is 0 Å². The minimum atomic E-state index is -2.74. The third kappa shape index (κ3) is 6.52. The Morgan fingerprint density at radius 2 is 1.77 bits per heavy atom. The van der Waals surface area contributed by atoms with Crippen LogP contribution in [0.4, 0.5) is 17.6 Å². The normalized spacial score (nSPS) is 21.8. The molecule has 0 unspecified atom stereocenters. The van der Waals surface area contributed by atoms with Crippen molar-refractivity contribution in [2.45, 2.75) is 101 Å². The molecule has 3 aliphatic carbocycles. The smallest absolute Gasteiger partial charge is 0.276 e. The lowest BCUT2D eigenvalue weighted by atomic mass is 9.79. The number of hydrogen-bond donors (Lipinski definition) is 2. The van der Waals surface area contributed by atoms with Crippen LogP contribution in [0.2, 0.25) is 0 Å². The molecule has 43 heavy (non-hydrogen) atoms. The van der Waals surface area contributed by atoms with Crippen LogP contribution in [0.5, 0.6) is 0 Å². The monoisotopic (exact) mass is 605 g/mol. The predicted molar refractivity (Wildman–Crippen MR) is 144 cm³/mol. The van der Waals surface area contributed by atoms with E-state index in [4.69, 9.17) is 9.61 Å². The van der Waals surface area contributed by atoms with Gasteiger partial charge < -0.3 is 10.6 Å². The maximum Gasteiger partial charge on any atom is 0.276 e. The van der Waals surface area contributed by atoms with Gasteiger partial charge in [0.1, 0.15) is 5.69 Å². The number of rotatable bonds is 10. The third-order valence-electron chi connectivity index (χ3n) is 8.88. The van der Waals surface area contributed by atoms with E-state index in [1.165, 1.54) is 0 Å². The number of halogens is 4. The molecule has 2 atom stereocenters. The highest BCUT2D eigenvalue weighted by Gasteiger charge is 2.46. The van der Waals surface area contributed by atoms with Gasteiger partial charge in [0.15, 0.2) is 11.3 Å². The Morgan fingerprint density at radius 3 is 2.42 bits per heavy atom. The summed E-state index contributed by atoms with van der Waals surface area (Å²) in [5, 5.41) is 18.1. The van der Waals surface area contributed by atoms with E-state index < -0.39 is 29.8 Å². The maximum absolute atomic E-state index is 14.0. The largest absolute Gasteiger partial charge is 0.349 e. The molecule has 3 saturated carbocycles. The number of hydrogen-bond acceptors (Lipinski definition) is 7. The number of nitrogens with one attached hydrogen (secondary N) is 2. The van der Waals surface area contributed by atoms with Gasteiger partial charge in [-0.1, -0.05) is 19.0 Å². The van der Waals surface area contributed by atoms with Crippen LogP contribution < -0.4 is 10.6 Å². The quantitative estimate of drug-likeness (QED) is 0.291. The van der Waals surface area contributed by atoms with Crippen LogP contribution in [0, 0.1) is 17.8 Å². The van der Waals surface area contributed by atoms with Crippen LogP contribution >= 0.6 is 0 Å². The molecular formula is C29H35F4N7O3.